The summed E-state index contributed by atoms with van der Waals surface area (Å²) in [5, 5.41) is 19.0. The number of halogens is 3. The van der Waals surface area contributed by atoms with E-state index in [1.165, 1.54) is 0 Å². The molecule has 0 bridgehead atoms. The van der Waals surface area contributed by atoms with Gasteiger partial charge in [0, 0.05) is 54.8 Å². The van der Waals surface area contributed by atoms with Crippen LogP contribution in [-0.2, 0) is 15.0 Å². The third-order valence-electron chi connectivity index (χ3n) is 8.95. The van der Waals surface area contributed by atoms with Gasteiger partial charge in [0.25, 0.3) is 17.2 Å². The molecule has 53 heavy (non-hydrogen) atoms. The number of aliphatic imine (C=N–C) groups is 1. The Morgan fingerprint density at radius 2 is 1.32 bits per heavy atom. The van der Waals surface area contributed by atoms with Gasteiger partial charge in [-0.05, 0) is 53.1 Å². The minimum atomic E-state index is -1.98. The second-order valence-electron chi connectivity index (χ2n) is 12.6. The maximum Gasteiger partial charge on any atom is 0.271 e. The number of rotatable bonds is 3. The Bertz CT molecular complexity index is 2370. The lowest BCUT2D eigenvalue weighted by Crippen LogP contribution is -2.25. The molecule has 0 fully saturated rings. The highest BCUT2D eigenvalue weighted by Gasteiger charge is 2.41. The monoisotopic (exact) mass is 707 g/mol. The highest BCUT2D eigenvalue weighted by Crippen LogP contribution is 2.48. The molecule has 12 heteroatoms. The Morgan fingerprint density at radius 1 is 0.811 bits per heavy atom. The number of nitriles is 2. The second kappa shape index (κ2) is 14.5. The van der Waals surface area contributed by atoms with Gasteiger partial charge in [0.15, 0.2) is 5.83 Å². The summed E-state index contributed by atoms with van der Waals surface area (Å²) in [6.07, 6.45) is 1.13. The molecule has 9 nitrogen and oxygen atoms in total. The summed E-state index contributed by atoms with van der Waals surface area (Å²) in [7, 11) is 5.58. The van der Waals surface area contributed by atoms with E-state index < -0.39 is 40.0 Å². The Balaban J connectivity index is 0.000000208. The lowest BCUT2D eigenvalue weighted by Gasteiger charge is -2.25. The summed E-state index contributed by atoms with van der Waals surface area (Å²) < 4.78 is 40.9. The average Bonchev–Trinajstić information content (AvgIpc) is 3.57. The largest absolute Gasteiger partial charge is 0.378 e. The Labute approximate surface area is 304 Å². The fraction of sp³-hybridized carbons (Fsp3) is 0.146. The van der Waals surface area contributed by atoms with Gasteiger partial charge in [-0.3, -0.25) is 14.6 Å². The predicted octanol–water partition coefficient (Wildman–Crippen LogP) is 8.67. The van der Waals surface area contributed by atoms with Crippen molar-refractivity contribution < 1.29 is 22.8 Å². The molecule has 0 atom stereocenters. The second-order valence-corrected chi connectivity index (χ2v) is 12.6. The Kier molecular flexibility index (Phi) is 10.1. The van der Waals surface area contributed by atoms with E-state index in [0.717, 1.165) is 23.0 Å². The minimum Gasteiger partial charge on any atom is -0.378 e. The normalized spacial score (nSPS) is 18.2. The van der Waals surface area contributed by atoms with Crippen LogP contribution < -0.4 is 9.80 Å². The fourth-order valence-electron chi connectivity index (χ4n) is 6.28. The number of allylic oxidation sites excluding steroid dienone is 10. The third kappa shape index (κ3) is 6.42. The summed E-state index contributed by atoms with van der Waals surface area (Å²) in [4.78, 5) is 38.4. The first-order valence-electron chi connectivity index (χ1n) is 15.8. The van der Waals surface area contributed by atoms with Crippen LogP contribution in [0.5, 0.6) is 0 Å². The number of hydrogen-bond donors (Lipinski definition) is 0. The topological polar surface area (TPSA) is 109 Å². The van der Waals surface area contributed by atoms with Crippen LogP contribution in [0.3, 0.4) is 0 Å². The van der Waals surface area contributed by atoms with Crippen LogP contribution >= 0.6 is 0 Å². The van der Waals surface area contributed by atoms with Crippen molar-refractivity contribution in [1.82, 2.24) is 0 Å². The number of likely N-dealkylation sites (N-methyl/N-ethyl adjacent to an activating group) is 1. The zero-order valence-corrected chi connectivity index (χ0v) is 29.1. The molecule has 6 rings (SSSR count). The molecular formula is C41H28F3N7O2. The zero-order valence-electron chi connectivity index (χ0n) is 29.1. The molecule has 3 aromatic carbocycles. The van der Waals surface area contributed by atoms with E-state index in [-0.39, 0.29) is 11.4 Å². The standard InChI is InChI=1S/C23H14N6.C18H14F3NO2/c1-26-19(13-24)21-17-7-5-6-8-18(17)22(20(14-25)27-2)23(21)28-15-9-11-16(12-10-15)29(3)4;1-18(2)10-6-4-5-7-11(10)22(3)12(18)8-9-13(19)17(24)15(21)14(20)16(9)23/h5-12H,3-4H3;4-8H,1-3H3/b21-19+,22-20+;12-8-. The number of benzene rings is 3. The predicted molar refractivity (Wildman–Crippen MR) is 196 cm³/mol. The first kappa shape index (κ1) is 37.0. The van der Waals surface area contributed by atoms with Crippen molar-refractivity contribution in [3.8, 4) is 12.1 Å². The quantitative estimate of drug-likeness (QED) is 0.153. The van der Waals surface area contributed by atoms with Crippen LogP contribution in [0.4, 0.5) is 30.2 Å². The van der Waals surface area contributed by atoms with Crippen LogP contribution in [0, 0.1) is 35.8 Å². The number of ketones is 2. The van der Waals surface area contributed by atoms with E-state index in [2.05, 4.69) is 14.7 Å². The minimum absolute atomic E-state index is 0.126. The zero-order chi connectivity index (χ0) is 38.8. The molecule has 0 N–H and O–H groups in total. The first-order chi connectivity index (χ1) is 25.2. The van der Waals surface area contributed by atoms with Crippen LogP contribution in [0.15, 0.2) is 124 Å². The summed E-state index contributed by atoms with van der Waals surface area (Å²) in [5.74, 6) is -8.62. The molecule has 1 heterocycles. The van der Waals surface area contributed by atoms with Crippen LogP contribution in [-0.4, -0.2) is 38.4 Å². The van der Waals surface area contributed by atoms with Crippen molar-refractivity contribution >= 4 is 45.5 Å². The highest BCUT2D eigenvalue weighted by atomic mass is 19.2. The van der Waals surface area contributed by atoms with Crippen molar-refractivity contribution in [2.75, 3.05) is 30.9 Å². The summed E-state index contributed by atoms with van der Waals surface area (Å²) in [6, 6.07) is 25.8. The average molecular weight is 708 g/mol. The number of para-hydroxylation sites is 1. The van der Waals surface area contributed by atoms with Gasteiger partial charge in [0.05, 0.1) is 42.3 Å². The third-order valence-corrected chi connectivity index (χ3v) is 8.95. The molecule has 2 aliphatic carbocycles. The van der Waals surface area contributed by atoms with E-state index in [9.17, 15) is 33.3 Å². The van der Waals surface area contributed by atoms with Gasteiger partial charge in [0.1, 0.15) is 0 Å². The summed E-state index contributed by atoms with van der Waals surface area (Å²) >= 11 is 0. The van der Waals surface area contributed by atoms with E-state index >= 15 is 0 Å². The molecule has 0 spiro atoms. The van der Waals surface area contributed by atoms with Gasteiger partial charge in [-0.25, -0.2) is 24.6 Å². The van der Waals surface area contributed by atoms with Crippen molar-refractivity contribution in [3.05, 3.63) is 159 Å². The van der Waals surface area contributed by atoms with E-state index in [1.807, 2.05) is 93.5 Å². The van der Waals surface area contributed by atoms with Crippen LogP contribution in [0.1, 0.15) is 30.5 Å². The first-order valence-corrected chi connectivity index (χ1v) is 15.8. The molecule has 3 aromatic rings. The number of fused-ring (bicyclic) bond motifs is 2. The van der Waals surface area contributed by atoms with Crippen molar-refractivity contribution in [2.45, 2.75) is 19.3 Å². The molecule has 260 valence electrons. The molecule has 0 amide bonds. The number of carbonyl (C=O) groups is 2. The number of nitrogens with zero attached hydrogens (tertiary/aromatic N) is 7. The molecule has 0 aromatic heterocycles. The molecule has 1 aliphatic heterocycles. The lowest BCUT2D eigenvalue weighted by atomic mass is 9.82. The van der Waals surface area contributed by atoms with E-state index in [0.29, 0.717) is 39.4 Å². The van der Waals surface area contributed by atoms with Gasteiger partial charge in [-0.2, -0.15) is 8.78 Å². The molecular weight excluding hydrogens is 679 g/mol. The van der Waals surface area contributed by atoms with Gasteiger partial charge in [-0.15, -0.1) is 0 Å². The molecule has 0 saturated heterocycles. The van der Waals surface area contributed by atoms with E-state index in [4.69, 9.17) is 13.1 Å². The number of carbonyl (C=O) groups excluding carboxylic acids is 2. The smallest absolute Gasteiger partial charge is 0.271 e. The van der Waals surface area contributed by atoms with Crippen molar-refractivity contribution in [1.29, 1.82) is 10.5 Å². The van der Waals surface area contributed by atoms with Crippen molar-refractivity contribution in [3.63, 3.8) is 0 Å². The number of anilines is 2. The molecule has 0 radical (unpaired) electrons. The van der Waals surface area contributed by atoms with Crippen LogP contribution in [0.2, 0.25) is 0 Å². The van der Waals surface area contributed by atoms with Gasteiger partial charge in [-0.1, -0.05) is 56.3 Å². The maximum absolute atomic E-state index is 14.1. The van der Waals surface area contributed by atoms with Crippen molar-refractivity contribution in [2.24, 2.45) is 4.99 Å². The number of hydrogen-bond acceptors (Lipinski definition) is 7. The molecule has 3 aliphatic rings. The van der Waals surface area contributed by atoms with Gasteiger partial charge >= 0.3 is 0 Å². The SMILES string of the molecule is CN1/C(=C\C2=C(F)C(=O)C(F)=C(F)C2=O)C(C)(C)c2ccccc21.[C-]#[N+]/C(C#N)=C1/C(=Nc2ccc(N(C)C)cc2)/C(=C(\C#N)[N+]#[C-])c2ccccc21. The Hall–Kier alpha value is -7.28. The van der Waals surface area contributed by atoms with E-state index in [1.54, 1.807) is 36.2 Å². The molecule has 0 unspecified atom stereocenters. The fourth-order valence-corrected chi connectivity index (χ4v) is 6.28. The lowest BCUT2D eigenvalue weighted by molar-refractivity contribution is -0.119. The van der Waals surface area contributed by atoms with Gasteiger partial charge < -0.3 is 9.80 Å². The summed E-state index contributed by atoms with van der Waals surface area (Å²) in [6.45, 7) is 18.6. The van der Waals surface area contributed by atoms with Gasteiger partial charge in [0.2, 0.25) is 17.4 Å². The highest BCUT2D eigenvalue weighted by molar-refractivity contribution is 6.51. The molecule has 0 saturated carbocycles. The maximum atomic E-state index is 14.1. The van der Waals surface area contributed by atoms with Crippen LogP contribution in [0.25, 0.3) is 20.8 Å². The summed E-state index contributed by atoms with van der Waals surface area (Å²) in [5.41, 5.74) is 4.51. The number of Topliss-reactive ketones (excluding diaryl/α,β-unsaturated/α-hetero) is 2. The Morgan fingerprint density at radius 3 is 1.81 bits per heavy atom.